The van der Waals surface area contributed by atoms with Crippen molar-refractivity contribution in [1.29, 1.82) is 0 Å². The van der Waals surface area contributed by atoms with Crippen molar-refractivity contribution >= 4 is 11.8 Å². The Hall–Kier alpha value is -4.33. The van der Waals surface area contributed by atoms with Gasteiger partial charge in [-0.15, -0.1) is 0 Å². The molecule has 0 bridgehead atoms. The van der Waals surface area contributed by atoms with Crippen molar-refractivity contribution in [1.82, 2.24) is 10.2 Å². The molecule has 4 aromatic rings. The van der Waals surface area contributed by atoms with Gasteiger partial charge >= 0.3 is 0 Å². The van der Waals surface area contributed by atoms with Crippen LogP contribution >= 0.6 is 0 Å². The van der Waals surface area contributed by atoms with Gasteiger partial charge in [-0.3, -0.25) is 9.59 Å². The van der Waals surface area contributed by atoms with Crippen molar-refractivity contribution in [2.75, 3.05) is 6.54 Å². The molecule has 3 heterocycles. The minimum absolute atomic E-state index is 0.0182. The van der Waals surface area contributed by atoms with E-state index in [1.165, 1.54) is 12.1 Å². The quantitative estimate of drug-likeness (QED) is 0.327. The number of fused-ring (bicyclic) bond motifs is 1. The molecule has 7 nitrogen and oxygen atoms in total. The number of nitrogens with one attached hydrogen (secondary N) is 1. The van der Waals surface area contributed by atoms with Gasteiger partial charge in [0, 0.05) is 12.5 Å². The van der Waals surface area contributed by atoms with Crippen LogP contribution in [0.25, 0.3) is 0 Å². The molecule has 0 aliphatic carbocycles. The molecule has 1 aliphatic heterocycles. The van der Waals surface area contributed by atoms with Crippen LogP contribution in [0.2, 0.25) is 0 Å². The summed E-state index contributed by atoms with van der Waals surface area (Å²) in [6.07, 6.45) is 2.25. The molecule has 1 N–H and O–H groups in total. The van der Waals surface area contributed by atoms with Gasteiger partial charge in [0.05, 0.1) is 18.8 Å². The fraction of sp³-hybridized carbons (Fsp3) is 0.267. The number of benzene rings is 2. The molecule has 38 heavy (non-hydrogen) atoms. The summed E-state index contributed by atoms with van der Waals surface area (Å²) < 4.78 is 31.1. The Labute approximate surface area is 220 Å². The van der Waals surface area contributed by atoms with Gasteiger partial charge in [-0.05, 0) is 71.6 Å². The van der Waals surface area contributed by atoms with E-state index in [4.69, 9.17) is 13.6 Å². The topological polar surface area (TPSA) is 84.9 Å². The van der Waals surface area contributed by atoms with Crippen molar-refractivity contribution in [3.05, 3.63) is 113 Å². The molecule has 196 valence electrons. The summed E-state index contributed by atoms with van der Waals surface area (Å²) >= 11 is 0. The number of carbonyl (C=O) groups excluding carboxylic acids is 2. The fourth-order valence-electron chi connectivity index (χ4n) is 4.69. The van der Waals surface area contributed by atoms with Gasteiger partial charge in [0.25, 0.3) is 5.91 Å². The van der Waals surface area contributed by atoms with Crippen molar-refractivity contribution in [2.45, 2.75) is 39.5 Å². The average molecular weight is 517 g/mol. The lowest BCUT2D eigenvalue weighted by molar-refractivity contribution is -0.136. The molecule has 0 spiro atoms. The summed E-state index contributed by atoms with van der Waals surface area (Å²) in [5.41, 5.74) is 2.71. The maximum absolute atomic E-state index is 14.2. The van der Waals surface area contributed by atoms with E-state index in [9.17, 15) is 14.0 Å². The van der Waals surface area contributed by atoms with Gasteiger partial charge in [-0.1, -0.05) is 32.0 Å². The first-order valence-corrected chi connectivity index (χ1v) is 12.6. The van der Waals surface area contributed by atoms with Crippen LogP contribution in [0.5, 0.6) is 5.75 Å². The van der Waals surface area contributed by atoms with Crippen molar-refractivity contribution < 1.29 is 27.6 Å². The zero-order chi connectivity index (χ0) is 26.6. The molecule has 1 aliphatic rings. The van der Waals surface area contributed by atoms with Crippen LogP contribution in [-0.4, -0.2) is 23.3 Å². The number of hydrogen-bond acceptors (Lipinski definition) is 5. The number of furan rings is 2. The average Bonchev–Trinajstić information content (AvgIpc) is 3.62. The van der Waals surface area contributed by atoms with Crippen molar-refractivity contribution in [2.24, 2.45) is 5.92 Å². The predicted molar refractivity (Wildman–Crippen MR) is 138 cm³/mol. The third kappa shape index (κ3) is 5.49. The molecular weight excluding hydrogens is 487 g/mol. The Bertz CT molecular complexity index is 1430. The van der Waals surface area contributed by atoms with E-state index < -0.39 is 6.04 Å². The molecule has 8 heteroatoms. The first-order chi connectivity index (χ1) is 18.4. The first-order valence-electron chi connectivity index (χ1n) is 12.6. The van der Waals surface area contributed by atoms with Gasteiger partial charge in [0.1, 0.15) is 29.7 Å². The number of nitrogens with zero attached hydrogens (tertiary/aromatic N) is 1. The number of ether oxygens (including phenoxy) is 1. The first kappa shape index (κ1) is 25.3. The minimum Gasteiger partial charge on any atom is -0.486 e. The van der Waals surface area contributed by atoms with Crippen molar-refractivity contribution in [3.63, 3.8) is 0 Å². The molecular formula is C30H29FN2O5. The third-order valence-electron chi connectivity index (χ3n) is 6.56. The van der Waals surface area contributed by atoms with Gasteiger partial charge in [0.15, 0.2) is 5.76 Å². The van der Waals surface area contributed by atoms with Gasteiger partial charge in [0.2, 0.25) is 5.91 Å². The predicted octanol–water partition coefficient (Wildman–Crippen LogP) is 5.65. The van der Waals surface area contributed by atoms with Gasteiger partial charge < -0.3 is 23.8 Å². The van der Waals surface area contributed by atoms with Crippen LogP contribution in [0.15, 0.2) is 81.8 Å². The summed E-state index contributed by atoms with van der Waals surface area (Å²) in [6.45, 7) is 4.67. The molecule has 1 atom stereocenters. The molecule has 0 unspecified atom stereocenters. The Balaban J connectivity index is 1.32. The van der Waals surface area contributed by atoms with E-state index in [0.29, 0.717) is 35.8 Å². The summed E-state index contributed by atoms with van der Waals surface area (Å²) in [4.78, 5) is 27.3. The third-order valence-corrected chi connectivity index (χ3v) is 6.56. The van der Waals surface area contributed by atoms with Crippen LogP contribution in [-0.2, 0) is 24.4 Å². The number of rotatable bonds is 8. The molecule has 0 saturated carbocycles. The monoisotopic (exact) mass is 516 g/mol. The number of hydrogen-bond donors (Lipinski definition) is 1. The Morgan fingerprint density at radius 3 is 2.71 bits per heavy atom. The highest BCUT2D eigenvalue weighted by molar-refractivity contribution is 5.91. The fourth-order valence-corrected chi connectivity index (χ4v) is 4.69. The van der Waals surface area contributed by atoms with E-state index in [1.807, 2.05) is 43.0 Å². The van der Waals surface area contributed by atoms with Gasteiger partial charge in [-0.2, -0.15) is 0 Å². The molecule has 2 aromatic heterocycles. The lowest BCUT2D eigenvalue weighted by Gasteiger charge is -2.39. The van der Waals surface area contributed by atoms with E-state index in [2.05, 4.69) is 5.32 Å². The standard InChI is InChI=1S/C30H29FN2O5/c1-19(2)30(35)33-13-12-20-8-9-23(16-26(20)28(33)21-5-3-6-22(31)15-21)37-18-25-10-11-27(38-25)29(34)32-17-24-7-4-14-36-24/h3-11,14-16,19,28H,12-13,17-18H2,1-2H3,(H,32,34)/t28-/m1/s1. The molecule has 0 fully saturated rings. The summed E-state index contributed by atoms with van der Waals surface area (Å²) in [5.74, 6) is 1.03. The second-order valence-electron chi connectivity index (χ2n) is 9.57. The van der Waals surface area contributed by atoms with Crippen LogP contribution in [0, 0.1) is 11.7 Å². The van der Waals surface area contributed by atoms with Crippen LogP contribution in [0.3, 0.4) is 0 Å². The van der Waals surface area contributed by atoms with Crippen molar-refractivity contribution in [3.8, 4) is 5.75 Å². The smallest absolute Gasteiger partial charge is 0.287 e. The Morgan fingerprint density at radius 1 is 1.08 bits per heavy atom. The van der Waals surface area contributed by atoms with Gasteiger partial charge in [-0.25, -0.2) is 4.39 Å². The van der Waals surface area contributed by atoms with Crippen LogP contribution in [0.4, 0.5) is 4.39 Å². The molecule has 2 aromatic carbocycles. The second kappa shape index (κ2) is 11.0. The number of amides is 2. The molecule has 0 radical (unpaired) electrons. The SMILES string of the molecule is CC(C)C(=O)N1CCc2ccc(OCc3ccc(C(=O)NCc4ccco4)o3)cc2[C@H]1c1cccc(F)c1. The zero-order valence-corrected chi connectivity index (χ0v) is 21.3. The molecule has 5 rings (SSSR count). The molecule has 2 amide bonds. The molecule has 0 saturated heterocycles. The lowest BCUT2D eigenvalue weighted by atomic mass is 9.87. The van der Waals surface area contributed by atoms with E-state index >= 15 is 0 Å². The van der Waals surface area contributed by atoms with E-state index in [-0.39, 0.29) is 42.5 Å². The second-order valence-corrected chi connectivity index (χ2v) is 9.57. The number of carbonyl (C=O) groups is 2. The van der Waals surface area contributed by atoms with Crippen LogP contribution < -0.4 is 10.1 Å². The Morgan fingerprint density at radius 2 is 1.95 bits per heavy atom. The maximum Gasteiger partial charge on any atom is 0.287 e. The minimum atomic E-state index is -0.416. The normalized spacial score (nSPS) is 14.8. The largest absolute Gasteiger partial charge is 0.486 e. The highest BCUT2D eigenvalue weighted by Crippen LogP contribution is 2.38. The summed E-state index contributed by atoms with van der Waals surface area (Å²) in [5, 5.41) is 2.74. The van der Waals surface area contributed by atoms with E-state index in [1.54, 1.807) is 36.6 Å². The zero-order valence-electron chi connectivity index (χ0n) is 21.3. The van der Waals surface area contributed by atoms with E-state index in [0.717, 1.165) is 11.1 Å². The highest BCUT2D eigenvalue weighted by Gasteiger charge is 2.33. The lowest BCUT2D eigenvalue weighted by Crippen LogP contribution is -2.42. The highest BCUT2D eigenvalue weighted by atomic mass is 19.1. The Kier molecular flexibility index (Phi) is 7.31. The summed E-state index contributed by atoms with van der Waals surface area (Å²) in [7, 11) is 0. The number of halogens is 1. The maximum atomic E-state index is 14.2. The van der Waals surface area contributed by atoms with Crippen LogP contribution in [0.1, 0.15) is 58.7 Å². The summed E-state index contributed by atoms with van der Waals surface area (Å²) in [6, 6.07) is 18.6.